The Bertz CT molecular complexity index is 1300. The molecule has 0 spiro atoms. The predicted molar refractivity (Wildman–Crippen MR) is 132 cm³/mol. The number of phenols is 1. The monoisotopic (exact) mass is 429 g/mol. The van der Waals surface area contributed by atoms with Crippen LogP contribution in [0.4, 0.5) is 0 Å². The van der Waals surface area contributed by atoms with Gasteiger partial charge in [-0.3, -0.25) is 4.79 Å². The summed E-state index contributed by atoms with van der Waals surface area (Å²) in [5.41, 5.74) is 2.07. The summed E-state index contributed by atoms with van der Waals surface area (Å²) in [5, 5.41) is 15.8. The van der Waals surface area contributed by atoms with Gasteiger partial charge in [-0.2, -0.15) is 0 Å². The first kappa shape index (κ1) is 20.5. The Balaban J connectivity index is 1.72. The van der Waals surface area contributed by atoms with E-state index in [0.29, 0.717) is 0 Å². The van der Waals surface area contributed by atoms with Gasteiger partial charge in [0.2, 0.25) is 0 Å². The Morgan fingerprint density at radius 1 is 0.576 bits per heavy atom. The van der Waals surface area contributed by atoms with Crippen molar-refractivity contribution in [2.45, 2.75) is 5.54 Å². The zero-order valence-corrected chi connectivity index (χ0v) is 18.0. The molecule has 0 aliphatic heterocycles. The lowest BCUT2D eigenvalue weighted by Gasteiger charge is -2.37. The van der Waals surface area contributed by atoms with Gasteiger partial charge in [-0.25, -0.2) is 0 Å². The van der Waals surface area contributed by atoms with Gasteiger partial charge in [0, 0.05) is 0 Å². The molecule has 0 radical (unpaired) electrons. The average molecular weight is 430 g/mol. The molecule has 0 saturated carbocycles. The SMILES string of the molecule is O=C(NC(c1ccccc1)(c1ccccc1)c1ccccc1)c1cc2ccccc2cc1O. The lowest BCUT2D eigenvalue weighted by molar-refractivity contribution is 0.0922. The van der Waals surface area contributed by atoms with Crippen LogP contribution in [0.5, 0.6) is 5.75 Å². The van der Waals surface area contributed by atoms with E-state index < -0.39 is 5.54 Å². The molecule has 0 aliphatic carbocycles. The van der Waals surface area contributed by atoms with Gasteiger partial charge in [-0.1, -0.05) is 115 Å². The zero-order chi connectivity index (χ0) is 22.7. The summed E-state index contributed by atoms with van der Waals surface area (Å²) in [7, 11) is 0. The minimum Gasteiger partial charge on any atom is -0.507 e. The maximum absolute atomic E-state index is 13.8. The maximum Gasteiger partial charge on any atom is 0.256 e. The molecule has 160 valence electrons. The van der Waals surface area contributed by atoms with Crippen LogP contribution in [-0.4, -0.2) is 11.0 Å². The number of hydrogen-bond acceptors (Lipinski definition) is 2. The van der Waals surface area contributed by atoms with E-state index in [1.807, 2.05) is 115 Å². The predicted octanol–water partition coefficient (Wildman–Crippen LogP) is 6.27. The molecule has 5 aromatic carbocycles. The molecule has 5 rings (SSSR count). The summed E-state index contributed by atoms with van der Waals surface area (Å²) in [4.78, 5) is 13.8. The van der Waals surface area contributed by atoms with Gasteiger partial charge in [0.25, 0.3) is 5.91 Å². The lowest BCUT2D eigenvalue weighted by Crippen LogP contribution is -2.47. The van der Waals surface area contributed by atoms with Gasteiger partial charge in [-0.15, -0.1) is 0 Å². The van der Waals surface area contributed by atoms with Crippen LogP contribution in [-0.2, 0) is 5.54 Å². The minimum atomic E-state index is -0.945. The largest absolute Gasteiger partial charge is 0.507 e. The fraction of sp³-hybridized carbons (Fsp3) is 0.0333. The van der Waals surface area contributed by atoms with E-state index in [1.165, 1.54) is 0 Å². The molecule has 0 aromatic heterocycles. The van der Waals surface area contributed by atoms with Crippen LogP contribution in [0, 0.1) is 0 Å². The highest BCUT2D eigenvalue weighted by atomic mass is 16.3. The van der Waals surface area contributed by atoms with Crippen LogP contribution < -0.4 is 5.32 Å². The number of hydrogen-bond donors (Lipinski definition) is 2. The molecule has 0 bridgehead atoms. The summed E-state index contributed by atoms with van der Waals surface area (Å²) in [6, 6.07) is 40.8. The Labute approximate surface area is 193 Å². The van der Waals surface area contributed by atoms with E-state index in [1.54, 1.807) is 12.1 Å². The van der Waals surface area contributed by atoms with Crippen LogP contribution in [0.15, 0.2) is 127 Å². The molecular weight excluding hydrogens is 406 g/mol. The third-order valence-electron chi connectivity index (χ3n) is 6.03. The van der Waals surface area contributed by atoms with Gasteiger partial charge >= 0.3 is 0 Å². The fourth-order valence-corrected chi connectivity index (χ4v) is 4.43. The van der Waals surface area contributed by atoms with Crippen molar-refractivity contribution in [1.29, 1.82) is 0 Å². The number of phenolic OH excluding ortho intramolecular Hbond substituents is 1. The average Bonchev–Trinajstić information content (AvgIpc) is 2.88. The molecule has 5 aromatic rings. The maximum atomic E-state index is 13.8. The first-order valence-electron chi connectivity index (χ1n) is 10.9. The Kier molecular flexibility index (Phi) is 5.37. The van der Waals surface area contributed by atoms with Crippen molar-refractivity contribution >= 4 is 16.7 Å². The summed E-state index contributed by atoms with van der Waals surface area (Å²) >= 11 is 0. The highest BCUT2D eigenvalue weighted by Gasteiger charge is 2.38. The third-order valence-corrected chi connectivity index (χ3v) is 6.03. The van der Waals surface area contributed by atoms with E-state index in [4.69, 9.17) is 0 Å². The summed E-state index contributed by atoms with van der Waals surface area (Å²) in [5.74, 6) is -0.399. The first-order chi connectivity index (χ1) is 16.2. The molecule has 0 fully saturated rings. The lowest BCUT2D eigenvalue weighted by atomic mass is 9.76. The third kappa shape index (κ3) is 3.74. The van der Waals surface area contributed by atoms with Crippen molar-refractivity contribution < 1.29 is 9.90 Å². The standard InChI is InChI=1S/C30H23NO2/c32-28-21-23-13-11-10-12-22(23)20-27(28)29(33)31-30(24-14-4-1-5-15-24,25-16-6-2-7-17-25)26-18-8-3-9-19-26/h1-21,32H,(H,31,33). The summed E-state index contributed by atoms with van der Waals surface area (Å²) < 4.78 is 0. The number of benzene rings is 5. The van der Waals surface area contributed by atoms with E-state index >= 15 is 0 Å². The quantitative estimate of drug-likeness (QED) is 0.324. The Morgan fingerprint density at radius 3 is 1.42 bits per heavy atom. The summed E-state index contributed by atoms with van der Waals surface area (Å²) in [6.45, 7) is 0. The Morgan fingerprint density at radius 2 is 0.970 bits per heavy atom. The van der Waals surface area contributed by atoms with E-state index in [9.17, 15) is 9.90 Å². The van der Waals surface area contributed by atoms with Gasteiger partial charge < -0.3 is 10.4 Å². The number of amides is 1. The van der Waals surface area contributed by atoms with E-state index in [-0.39, 0.29) is 17.2 Å². The number of aromatic hydroxyl groups is 1. The second kappa shape index (κ2) is 8.64. The highest BCUT2D eigenvalue weighted by Crippen LogP contribution is 2.37. The van der Waals surface area contributed by atoms with Crippen molar-refractivity contribution in [3.63, 3.8) is 0 Å². The van der Waals surface area contributed by atoms with Crippen molar-refractivity contribution in [3.05, 3.63) is 150 Å². The summed E-state index contributed by atoms with van der Waals surface area (Å²) in [6.07, 6.45) is 0. The molecule has 0 heterocycles. The molecular formula is C30H23NO2. The Hall–Kier alpha value is -4.37. The normalized spacial score (nSPS) is 11.3. The number of rotatable bonds is 5. The number of fused-ring (bicyclic) bond motifs is 1. The molecule has 0 saturated heterocycles. The van der Waals surface area contributed by atoms with Gasteiger partial charge in [0.05, 0.1) is 5.56 Å². The zero-order valence-electron chi connectivity index (χ0n) is 18.0. The van der Waals surface area contributed by atoms with E-state index in [2.05, 4.69) is 5.32 Å². The van der Waals surface area contributed by atoms with Crippen molar-refractivity contribution in [1.82, 2.24) is 5.32 Å². The molecule has 0 atom stereocenters. The number of nitrogens with one attached hydrogen (secondary N) is 1. The second-order valence-electron chi connectivity index (χ2n) is 8.02. The smallest absolute Gasteiger partial charge is 0.256 e. The van der Waals surface area contributed by atoms with Crippen LogP contribution in [0.1, 0.15) is 27.0 Å². The van der Waals surface area contributed by atoms with Gasteiger partial charge in [0.1, 0.15) is 11.3 Å². The molecule has 0 aliphatic rings. The molecule has 3 nitrogen and oxygen atoms in total. The second-order valence-corrected chi connectivity index (χ2v) is 8.02. The molecule has 3 heteroatoms. The first-order valence-corrected chi connectivity index (χ1v) is 10.9. The number of carbonyl (C=O) groups is 1. The fourth-order valence-electron chi connectivity index (χ4n) is 4.43. The van der Waals surface area contributed by atoms with Gasteiger partial charge in [-0.05, 0) is 39.6 Å². The topological polar surface area (TPSA) is 49.3 Å². The van der Waals surface area contributed by atoms with Gasteiger partial charge in [0.15, 0.2) is 0 Å². The van der Waals surface area contributed by atoms with Crippen LogP contribution in [0.25, 0.3) is 10.8 Å². The molecule has 33 heavy (non-hydrogen) atoms. The van der Waals surface area contributed by atoms with E-state index in [0.717, 1.165) is 27.5 Å². The molecule has 2 N–H and O–H groups in total. The van der Waals surface area contributed by atoms with Crippen LogP contribution >= 0.6 is 0 Å². The minimum absolute atomic E-state index is 0.0470. The molecule has 1 amide bonds. The highest BCUT2D eigenvalue weighted by molar-refractivity contribution is 6.02. The van der Waals surface area contributed by atoms with Crippen molar-refractivity contribution in [2.75, 3.05) is 0 Å². The number of carbonyl (C=O) groups excluding carboxylic acids is 1. The van der Waals surface area contributed by atoms with Crippen LogP contribution in [0.3, 0.4) is 0 Å². The van der Waals surface area contributed by atoms with Crippen molar-refractivity contribution in [2.24, 2.45) is 0 Å². The van der Waals surface area contributed by atoms with Crippen LogP contribution in [0.2, 0.25) is 0 Å². The molecule has 0 unspecified atom stereocenters. The van der Waals surface area contributed by atoms with Crippen molar-refractivity contribution in [3.8, 4) is 5.75 Å².